The van der Waals surface area contributed by atoms with E-state index in [4.69, 9.17) is 27.1 Å². The lowest BCUT2D eigenvalue weighted by molar-refractivity contribution is 0.0323. The molecular weight excluding hydrogens is 575 g/mol. The number of aromatic nitrogens is 3. The molecule has 216 valence electrons. The maximum atomic E-state index is 16.6. The van der Waals surface area contributed by atoms with Crippen LogP contribution < -0.4 is 20.7 Å². The molecule has 7 rings (SSSR count). The number of nitrogens with two attached hydrogens (primary N) is 1. The van der Waals surface area contributed by atoms with Gasteiger partial charge in [-0.15, -0.1) is 0 Å². The highest BCUT2D eigenvalue weighted by Crippen LogP contribution is 2.43. The number of nitrogens with one attached hydrogen (secondary N) is 1. The molecule has 13 heteroatoms. The Morgan fingerprint density at radius 3 is 2.83 bits per heavy atom. The molecule has 3 aliphatic heterocycles. The standard InChI is InChI=1S/C28H29ClF3N7OS/c1-13(9-38-10-15(30)11-38)40-28-36-23-18(26(37-28)39-5-4-14-6-16(12-39)34-8-14)7-19(29)21(22(23)32)17-2-3-20(31)25-24(17)35-27(33)41-25/h2-3,7,13-16,34H,4-6,8-12H2,1H3,(H2,33,35)/t13-,14?,16?/m0/s1. The van der Waals surface area contributed by atoms with Crippen molar-refractivity contribution in [3.05, 3.63) is 34.9 Å². The second-order valence-corrected chi connectivity index (χ2v) is 12.7. The lowest BCUT2D eigenvalue weighted by atomic mass is 10.0. The molecule has 0 spiro atoms. The van der Waals surface area contributed by atoms with Gasteiger partial charge in [0.15, 0.2) is 10.9 Å². The number of ether oxygens (including phenoxy) is 1. The fourth-order valence-electron chi connectivity index (χ4n) is 6.28. The van der Waals surface area contributed by atoms with Gasteiger partial charge in [0.2, 0.25) is 0 Å². The summed E-state index contributed by atoms with van der Waals surface area (Å²) in [5.74, 6) is -0.0302. The number of anilines is 2. The molecule has 5 heterocycles. The van der Waals surface area contributed by atoms with Gasteiger partial charge in [-0.25, -0.2) is 18.2 Å². The average molecular weight is 604 g/mol. The highest BCUT2D eigenvalue weighted by atomic mass is 35.5. The molecule has 2 aromatic heterocycles. The van der Waals surface area contributed by atoms with Crippen LogP contribution in [-0.2, 0) is 0 Å². The Balaban J connectivity index is 1.35. The molecular formula is C28H29ClF3N7OS. The van der Waals surface area contributed by atoms with E-state index in [0.29, 0.717) is 54.9 Å². The van der Waals surface area contributed by atoms with Crippen LogP contribution in [0.1, 0.15) is 19.8 Å². The van der Waals surface area contributed by atoms with Crippen molar-refractivity contribution in [3.8, 4) is 17.1 Å². The number of likely N-dealkylation sites (tertiary alicyclic amines) is 1. The smallest absolute Gasteiger partial charge is 0.319 e. The monoisotopic (exact) mass is 603 g/mol. The molecule has 3 aliphatic rings. The van der Waals surface area contributed by atoms with Crippen molar-refractivity contribution in [1.82, 2.24) is 25.2 Å². The first kappa shape index (κ1) is 26.9. The molecule has 0 aliphatic carbocycles. The van der Waals surface area contributed by atoms with Gasteiger partial charge in [0.1, 0.15) is 29.4 Å². The summed E-state index contributed by atoms with van der Waals surface area (Å²) in [5.41, 5.74) is 6.55. The third-order valence-electron chi connectivity index (χ3n) is 8.22. The van der Waals surface area contributed by atoms with E-state index in [1.165, 1.54) is 12.1 Å². The van der Waals surface area contributed by atoms with E-state index in [9.17, 15) is 8.78 Å². The molecule has 0 radical (unpaired) electrons. The number of alkyl halides is 1. The molecule has 41 heavy (non-hydrogen) atoms. The fourth-order valence-corrected chi connectivity index (χ4v) is 7.34. The Morgan fingerprint density at radius 1 is 1.20 bits per heavy atom. The number of thiazole rings is 1. The van der Waals surface area contributed by atoms with E-state index < -0.39 is 17.8 Å². The topological polar surface area (TPSA) is 92.4 Å². The Hall–Kier alpha value is -2.93. The highest BCUT2D eigenvalue weighted by Gasteiger charge is 2.33. The molecule has 2 aromatic carbocycles. The van der Waals surface area contributed by atoms with Crippen molar-refractivity contribution < 1.29 is 17.9 Å². The molecule has 0 amide bonds. The zero-order chi connectivity index (χ0) is 28.4. The minimum Gasteiger partial charge on any atom is -0.459 e. The first-order valence-corrected chi connectivity index (χ1v) is 15.0. The van der Waals surface area contributed by atoms with Gasteiger partial charge in [0.25, 0.3) is 0 Å². The number of nitrogens with zero attached hydrogens (tertiary/aromatic N) is 5. The third-order valence-corrected chi connectivity index (χ3v) is 9.41. The van der Waals surface area contributed by atoms with E-state index >= 15 is 4.39 Å². The molecule has 2 unspecified atom stereocenters. The Kier molecular flexibility index (Phi) is 6.84. The normalized spacial score (nSPS) is 22.3. The lowest BCUT2D eigenvalue weighted by Gasteiger charge is -2.35. The number of fused-ring (bicyclic) bond motifs is 4. The molecule has 3 fully saturated rings. The summed E-state index contributed by atoms with van der Waals surface area (Å²) in [6, 6.07) is 4.72. The zero-order valence-corrected chi connectivity index (χ0v) is 23.9. The van der Waals surface area contributed by atoms with Crippen molar-refractivity contribution in [2.75, 3.05) is 49.9 Å². The summed E-state index contributed by atoms with van der Waals surface area (Å²) in [4.78, 5) is 17.7. The van der Waals surface area contributed by atoms with Crippen LogP contribution in [0, 0.1) is 17.6 Å². The fraction of sp³-hybridized carbons (Fsp3) is 0.464. The van der Waals surface area contributed by atoms with Gasteiger partial charge in [-0.2, -0.15) is 9.97 Å². The minimum atomic E-state index is -0.819. The van der Waals surface area contributed by atoms with Crippen molar-refractivity contribution in [2.24, 2.45) is 5.92 Å². The van der Waals surface area contributed by atoms with E-state index in [1.54, 1.807) is 6.07 Å². The van der Waals surface area contributed by atoms with E-state index in [1.807, 2.05) is 11.8 Å². The summed E-state index contributed by atoms with van der Waals surface area (Å²) >= 11 is 7.76. The minimum absolute atomic E-state index is 0.0361. The number of halogens is 4. The molecule has 3 N–H and O–H groups in total. The maximum Gasteiger partial charge on any atom is 0.319 e. The first-order valence-electron chi connectivity index (χ1n) is 13.8. The number of nitrogen functional groups attached to an aromatic ring is 1. The van der Waals surface area contributed by atoms with Crippen LogP contribution >= 0.6 is 22.9 Å². The zero-order valence-electron chi connectivity index (χ0n) is 22.3. The second kappa shape index (κ2) is 10.4. The molecule has 2 bridgehead atoms. The number of benzene rings is 2. The van der Waals surface area contributed by atoms with Crippen LogP contribution in [-0.4, -0.2) is 77.4 Å². The van der Waals surface area contributed by atoms with Crippen molar-refractivity contribution in [1.29, 1.82) is 0 Å². The number of hydrogen-bond donors (Lipinski definition) is 2. The Morgan fingerprint density at radius 2 is 2.02 bits per heavy atom. The average Bonchev–Trinajstić information content (AvgIpc) is 3.46. The predicted octanol–water partition coefficient (Wildman–Crippen LogP) is 5.03. The largest absolute Gasteiger partial charge is 0.459 e. The van der Waals surface area contributed by atoms with Gasteiger partial charge in [0, 0.05) is 55.3 Å². The SMILES string of the molecule is C[C@@H](CN1CC(F)C1)Oc1nc(N2CCC3CNC(C3)C2)c2cc(Cl)c(-c3ccc(F)c4sc(N)nc34)c(F)c2n1. The van der Waals surface area contributed by atoms with E-state index in [2.05, 4.69) is 20.2 Å². The molecule has 8 nitrogen and oxygen atoms in total. The lowest BCUT2D eigenvalue weighted by Crippen LogP contribution is -2.51. The van der Waals surface area contributed by atoms with Gasteiger partial charge < -0.3 is 20.7 Å². The predicted molar refractivity (Wildman–Crippen MR) is 156 cm³/mol. The van der Waals surface area contributed by atoms with Gasteiger partial charge in [-0.1, -0.05) is 22.9 Å². The van der Waals surface area contributed by atoms with E-state index in [0.717, 1.165) is 37.3 Å². The third kappa shape index (κ3) is 4.94. The maximum absolute atomic E-state index is 16.6. The summed E-state index contributed by atoms with van der Waals surface area (Å²) in [5, 5.41) is 4.34. The van der Waals surface area contributed by atoms with Crippen LogP contribution in [0.2, 0.25) is 5.02 Å². The van der Waals surface area contributed by atoms with Crippen LogP contribution in [0.3, 0.4) is 0 Å². The van der Waals surface area contributed by atoms with Crippen LogP contribution in [0.4, 0.5) is 24.1 Å². The van der Waals surface area contributed by atoms with Crippen LogP contribution in [0.5, 0.6) is 6.01 Å². The summed E-state index contributed by atoms with van der Waals surface area (Å²) in [6.07, 6.45) is 0.899. The van der Waals surface area contributed by atoms with Crippen LogP contribution in [0.15, 0.2) is 18.2 Å². The Bertz CT molecular complexity index is 1650. The quantitative estimate of drug-likeness (QED) is 0.317. The summed E-state index contributed by atoms with van der Waals surface area (Å²) in [7, 11) is 0. The van der Waals surface area contributed by atoms with Crippen molar-refractivity contribution >= 4 is 55.0 Å². The Labute approximate surface area is 243 Å². The van der Waals surface area contributed by atoms with Gasteiger partial charge >= 0.3 is 6.01 Å². The number of rotatable bonds is 6. The summed E-state index contributed by atoms with van der Waals surface area (Å²) < 4.78 is 50.8. The van der Waals surface area contributed by atoms with Crippen molar-refractivity contribution in [3.63, 3.8) is 0 Å². The molecule has 0 saturated carbocycles. The second-order valence-electron chi connectivity index (χ2n) is 11.3. The van der Waals surface area contributed by atoms with Gasteiger partial charge in [0.05, 0.1) is 15.2 Å². The van der Waals surface area contributed by atoms with Crippen molar-refractivity contribution in [2.45, 2.75) is 38.1 Å². The summed E-state index contributed by atoms with van der Waals surface area (Å²) in [6.45, 7) is 5.56. The van der Waals surface area contributed by atoms with E-state index in [-0.39, 0.29) is 43.6 Å². The number of hydrogen-bond acceptors (Lipinski definition) is 9. The molecule has 3 atom stereocenters. The highest BCUT2D eigenvalue weighted by molar-refractivity contribution is 7.22. The molecule has 4 aromatic rings. The van der Waals surface area contributed by atoms with Gasteiger partial charge in [-0.3, -0.25) is 4.90 Å². The van der Waals surface area contributed by atoms with Crippen LogP contribution in [0.25, 0.3) is 32.2 Å². The molecule has 3 saturated heterocycles. The first-order chi connectivity index (χ1) is 19.7. The van der Waals surface area contributed by atoms with Gasteiger partial charge in [-0.05, 0) is 50.4 Å².